The van der Waals surface area contributed by atoms with E-state index in [1.165, 1.54) is 0 Å². The molecule has 0 spiro atoms. The highest BCUT2D eigenvalue weighted by molar-refractivity contribution is 5.81. The number of carbonyl (C=O) groups is 1. The second-order valence-electron chi connectivity index (χ2n) is 6.52. The molecule has 0 saturated heterocycles. The monoisotopic (exact) mass is 304 g/mol. The molecule has 0 aromatic heterocycles. The second-order valence-corrected chi connectivity index (χ2v) is 6.52. The molecule has 0 heterocycles. The van der Waals surface area contributed by atoms with E-state index >= 15 is 0 Å². The van der Waals surface area contributed by atoms with Crippen LogP contribution in [0.1, 0.15) is 41.5 Å². The van der Waals surface area contributed by atoms with Crippen LogP contribution in [0.4, 0.5) is 0 Å². The summed E-state index contributed by atoms with van der Waals surface area (Å²) in [6, 6.07) is -0.358. The molecule has 0 aromatic rings. The Kier molecular flexibility index (Phi) is 9.77. The molecule has 0 aliphatic rings. The molecule has 0 aliphatic carbocycles. The lowest BCUT2D eigenvalue weighted by Crippen LogP contribution is -2.51. The zero-order chi connectivity index (χ0) is 16.5. The predicted molar refractivity (Wildman–Crippen MR) is 83.3 cm³/mol. The molecule has 21 heavy (non-hydrogen) atoms. The molecule has 0 radical (unpaired) electrons. The molecule has 0 aromatic carbocycles. The zero-order valence-electron chi connectivity index (χ0n) is 14.2. The molecular weight excluding hydrogens is 272 g/mol. The summed E-state index contributed by atoms with van der Waals surface area (Å²) in [4.78, 5) is 11.8. The highest BCUT2D eigenvalue weighted by atomic mass is 16.5. The van der Waals surface area contributed by atoms with Crippen molar-refractivity contribution in [1.29, 1.82) is 0 Å². The van der Waals surface area contributed by atoms with Crippen molar-refractivity contribution in [2.45, 2.75) is 65.3 Å². The Balaban J connectivity index is 3.72. The van der Waals surface area contributed by atoms with Crippen molar-refractivity contribution in [3.8, 4) is 0 Å². The first-order valence-electron chi connectivity index (χ1n) is 7.54. The number of carbonyl (C=O) groups excluding carboxylic acids is 1. The van der Waals surface area contributed by atoms with E-state index in [1.807, 2.05) is 34.6 Å². The molecule has 6 nitrogen and oxygen atoms in total. The second kappa shape index (κ2) is 10.1. The number of hydrogen-bond acceptors (Lipinski definition) is 5. The lowest BCUT2D eigenvalue weighted by molar-refractivity contribution is -0.124. The van der Waals surface area contributed by atoms with E-state index in [2.05, 4.69) is 10.6 Å². The molecule has 0 fully saturated rings. The number of nitrogens with one attached hydrogen (secondary N) is 2. The summed E-state index contributed by atoms with van der Waals surface area (Å²) < 4.78 is 10.6. The van der Waals surface area contributed by atoms with Crippen molar-refractivity contribution in [3.63, 3.8) is 0 Å². The van der Waals surface area contributed by atoms with E-state index in [1.54, 1.807) is 6.92 Å². The van der Waals surface area contributed by atoms with Crippen molar-refractivity contribution in [2.75, 3.05) is 26.4 Å². The fourth-order valence-electron chi connectivity index (χ4n) is 1.50. The summed E-state index contributed by atoms with van der Waals surface area (Å²) >= 11 is 0. The number of rotatable bonds is 10. The van der Waals surface area contributed by atoms with Crippen LogP contribution in [-0.4, -0.2) is 61.2 Å². The molecule has 2 atom stereocenters. The Labute approximate surface area is 128 Å². The van der Waals surface area contributed by atoms with Gasteiger partial charge in [0.25, 0.3) is 0 Å². The first-order valence-corrected chi connectivity index (χ1v) is 7.54. The van der Waals surface area contributed by atoms with Gasteiger partial charge in [-0.3, -0.25) is 4.79 Å². The van der Waals surface area contributed by atoms with Gasteiger partial charge in [0.1, 0.15) is 0 Å². The van der Waals surface area contributed by atoms with Crippen LogP contribution >= 0.6 is 0 Å². The summed E-state index contributed by atoms with van der Waals surface area (Å²) in [5, 5.41) is 15.6. The van der Waals surface area contributed by atoms with E-state index < -0.39 is 6.10 Å². The highest BCUT2D eigenvalue weighted by Crippen LogP contribution is 1.99. The van der Waals surface area contributed by atoms with Gasteiger partial charge in [-0.15, -0.1) is 0 Å². The molecule has 6 heteroatoms. The standard InChI is InChI=1S/C15H32N2O4/c1-11(2)21-8-7-20-10-13(18)9-16-12(3)14(19)17-15(4,5)6/h11-13,16,18H,7-10H2,1-6H3,(H,17,19). The van der Waals surface area contributed by atoms with Crippen molar-refractivity contribution < 1.29 is 19.4 Å². The van der Waals surface area contributed by atoms with Crippen LogP contribution in [0.3, 0.4) is 0 Å². The number of aliphatic hydroxyl groups is 1. The number of ether oxygens (including phenoxy) is 2. The van der Waals surface area contributed by atoms with Crippen LogP contribution in [0.25, 0.3) is 0 Å². The van der Waals surface area contributed by atoms with Gasteiger partial charge >= 0.3 is 0 Å². The highest BCUT2D eigenvalue weighted by Gasteiger charge is 2.19. The van der Waals surface area contributed by atoms with Crippen LogP contribution in [0.15, 0.2) is 0 Å². The van der Waals surface area contributed by atoms with Crippen molar-refractivity contribution in [3.05, 3.63) is 0 Å². The molecule has 0 aliphatic heterocycles. The van der Waals surface area contributed by atoms with Crippen LogP contribution < -0.4 is 10.6 Å². The minimum Gasteiger partial charge on any atom is -0.389 e. The molecule has 0 saturated carbocycles. The van der Waals surface area contributed by atoms with Crippen LogP contribution in [0.2, 0.25) is 0 Å². The fraction of sp³-hybridized carbons (Fsp3) is 0.933. The van der Waals surface area contributed by atoms with E-state index in [0.717, 1.165) is 0 Å². The first-order chi connectivity index (χ1) is 9.61. The van der Waals surface area contributed by atoms with Crippen molar-refractivity contribution in [2.24, 2.45) is 0 Å². The van der Waals surface area contributed by atoms with Crippen molar-refractivity contribution in [1.82, 2.24) is 10.6 Å². The van der Waals surface area contributed by atoms with Gasteiger partial charge in [-0.25, -0.2) is 0 Å². The van der Waals surface area contributed by atoms with Gasteiger partial charge < -0.3 is 25.2 Å². The Morgan fingerprint density at radius 2 is 1.81 bits per heavy atom. The molecule has 0 rings (SSSR count). The fourth-order valence-corrected chi connectivity index (χ4v) is 1.50. The predicted octanol–water partition coefficient (Wildman–Crippen LogP) is 0.682. The molecule has 2 unspecified atom stereocenters. The normalized spacial score (nSPS) is 15.0. The summed E-state index contributed by atoms with van der Waals surface area (Å²) in [5.74, 6) is -0.0825. The van der Waals surface area contributed by atoms with E-state index in [0.29, 0.717) is 19.8 Å². The molecular formula is C15H32N2O4. The molecule has 0 bridgehead atoms. The van der Waals surface area contributed by atoms with E-state index in [-0.39, 0.29) is 30.2 Å². The largest absolute Gasteiger partial charge is 0.389 e. The SMILES string of the molecule is CC(C)OCCOCC(O)CNC(C)C(=O)NC(C)(C)C. The summed E-state index contributed by atoms with van der Waals surface area (Å²) in [5.41, 5.74) is -0.259. The third kappa shape index (κ3) is 12.7. The molecule has 126 valence electrons. The maximum absolute atomic E-state index is 11.8. The minimum atomic E-state index is -0.645. The maximum atomic E-state index is 11.8. The topological polar surface area (TPSA) is 79.8 Å². The lowest BCUT2D eigenvalue weighted by Gasteiger charge is -2.24. The van der Waals surface area contributed by atoms with Crippen LogP contribution in [0.5, 0.6) is 0 Å². The third-order valence-electron chi connectivity index (χ3n) is 2.54. The lowest BCUT2D eigenvalue weighted by atomic mass is 10.1. The van der Waals surface area contributed by atoms with Gasteiger partial charge in [-0.2, -0.15) is 0 Å². The number of hydrogen-bond donors (Lipinski definition) is 3. The van der Waals surface area contributed by atoms with E-state index in [4.69, 9.17) is 9.47 Å². The van der Waals surface area contributed by atoms with E-state index in [9.17, 15) is 9.90 Å². The van der Waals surface area contributed by atoms with Gasteiger partial charge in [0, 0.05) is 12.1 Å². The maximum Gasteiger partial charge on any atom is 0.237 e. The Morgan fingerprint density at radius 3 is 2.33 bits per heavy atom. The van der Waals surface area contributed by atoms with Gasteiger partial charge in [0.15, 0.2) is 0 Å². The Hall–Kier alpha value is -0.690. The molecule has 3 N–H and O–H groups in total. The number of aliphatic hydroxyl groups excluding tert-OH is 1. The average molecular weight is 304 g/mol. The summed E-state index contributed by atoms with van der Waals surface area (Å²) in [6.45, 7) is 13.0. The summed E-state index contributed by atoms with van der Waals surface area (Å²) in [6.07, 6.45) is -0.462. The van der Waals surface area contributed by atoms with Gasteiger partial charge in [0.05, 0.1) is 38.1 Å². The van der Waals surface area contributed by atoms with Crippen LogP contribution in [-0.2, 0) is 14.3 Å². The third-order valence-corrected chi connectivity index (χ3v) is 2.54. The Bertz CT molecular complexity index is 290. The van der Waals surface area contributed by atoms with Gasteiger partial charge in [0.2, 0.25) is 5.91 Å². The van der Waals surface area contributed by atoms with Gasteiger partial charge in [-0.1, -0.05) is 0 Å². The smallest absolute Gasteiger partial charge is 0.237 e. The Morgan fingerprint density at radius 1 is 1.19 bits per heavy atom. The molecule has 1 amide bonds. The first kappa shape index (κ1) is 20.3. The van der Waals surface area contributed by atoms with Crippen LogP contribution in [0, 0.1) is 0 Å². The van der Waals surface area contributed by atoms with Crippen molar-refractivity contribution >= 4 is 5.91 Å². The minimum absolute atomic E-state index is 0.0825. The summed E-state index contributed by atoms with van der Waals surface area (Å²) in [7, 11) is 0. The number of amides is 1. The van der Waals surface area contributed by atoms with Gasteiger partial charge in [-0.05, 0) is 41.5 Å². The average Bonchev–Trinajstić information content (AvgIpc) is 2.32. The quantitative estimate of drug-likeness (QED) is 0.517. The zero-order valence-corrected chi connectivity index (χ0v) is 14.2.